The average molecular weight is 465 g/mol. The Morgan fingerprint density at radius 3 is 2.50 bits per heavy atom. The highest BCUT2D eigenvalue weighted by Gasteiger charge is 2.46. The number of likely N-dealkylation sites (tertiary alicyclic amines) is 1. The number of rotatable bonds is 4. The molecule has 1 aliphatic rings. The van der Waals surface area contributed by atoms with Crippen LogP contribution in [-0.2, 0) is 16.1 Å². The van der Waals surface area contributed by atoms with Gasteiger partial charge in [0.1, 0.15) is 11.5 Å². The number of hydrogen-bond acceptors (Lipinski definition) is 5. The van der Waals surface area contributed by atoms with Gasteiger partial charge >= 0.3 is 0 Å². The fourth-order valence-corrected chi connectivity index (χ4v) is 3.80. The Labute approximate surface area is 181 Å². The van der Waals surface area contributed by atoms with E-state index in [-0.39, 0.29) is 23.6 Å². The molecule has 1 amide bonds. The first-order chi connectivity index (χ1) is 14.5. The van der Waals surface area contributed by atoms with Crippen molar-refractivity contribution in [2.24, 2.45) is 0 Å². The second kappa shape index (κ2) is 8.12. The molecule has 1 aromatic heterocycles. The Balaban J connectivity index is 1.87. The van der Waals surface area contributed by atoms with E-state index in [1.54, 1.807) is 60.9 Å². The van der Waals surface area contributed by atoms with Crippen LogP contribution >= 0.6 is 15.9 Å². The highest BCUT2D eigenvalue weighted by molar-refractivity contribution is 9.10. The van der Waals surface area contributed by atoms with Crippen LogP contribution in [0.5, 0.6) is 5.75 Å². The van der Waals surface area contributed by atoms with Gasteiger partial charge in [0.2, 0.25) is 0 Å². The van der Waals surface area contributed by atoms with E-state index < -0.39 is 17.7 Å². The Bertz CT molecular complexity index is 1140. The molecule has 1 aliphatic heterocycles. The zero-order valence-electron chi connectivity index (χ0n) is 15.7. The Morgan fingerprint density at radius 2 is 1.83 bits per heavy atom. The highest BCUT2D eigenvalue weighted by atomic mass is 79.9. The summed E-state index contributed by atoms with van der Waals surface area (Å²) in [6.45, 7) is 0.135. The largest absolute Gasteiger partial charge is 0.508 e. The third-order valence-electron chi connectivity index (χ3n) is 4.92. The summed E-state index contributed by atoms with van der Waals surface area (Å²) in [6, 6.07) is 15.8. The average Bonchev–Trinajstić information content (AvgIpc) is 2.99. The maximum absolute atomic E-state index is 13.0. The lowest BCUT2D eigenvalue weighted by molar-refractivity contribution is -0.140. The number of aliphatic hydroxyl groups is 1. The number of carbonyl (C=O) groups excluding carboxylic acids is 2. The second-order valence-corrected chi connectivity index (χ2v) is 7.81. The molecule has 1 saturated heterocycles. The zero-order chi connectivity index (χ0) is 21.3. The Hall–Kier alpha value is -3.45. The highest BCUT2D eigenvalue weighted by Crippen LogP contribution is 2.41. The van der Waals surface area contributed by atoms with Crippen molar-refractivity contribution in [2.45, 2.75) is 12.6 Å². The number of ketones is 1. The number of halogens is 1. The molecule has 0 bridgehead atoms. The Morgan fingerprint density at radius 1 is 1.07 bits per heavy atom. The molecule has 0 saturated carbocycles. The number of hydrogen-bond donors (Lipinski definition) is 2. The number of carbonyl (C=O) groups is 2. The van der Waals surface area contributed by atoms with Crippen LogP contribution in [0.25, 0.3) is 5.76 Å². The molecular weight excluding hydrogens is 448 g/mol. The second-order valence-electron chi connectivity index (χ2n) is 6.89. The fourth-order valence-electron chi connectivity index (χ4n) is 3.54. The van der Waals surface area contributed by atoms with Gasteiger partial charge in [0.15, 0.2) is 0 Å². The van der Waals surface area contributed by atoms with Gasteiger partial charge in [-0.25, -0.2) is 0 Å². The maximum Gasteiger partial charge on any atom is 0.295 e. The number of benzene rings is 2. The van der Waals surface area contributed by atoms with Crippen molar-refractivity contribution < 1.29 is 19.8 Å². The predicted octanol–water partition coefficient (Wildman–Crippen LogP) is 4.17. The summed E-state index contributed by atoms with van der Waals surface area (Å²) in [6.07, 6.45) is 3.24. The van der Waals surface area contributed by atoms with Crippen LogP contribution < -0.4 is 0 Å². The lowest BCUT2D eigenvalue weighted by atomic mass is 9.95. The molecule has 1 atom stereocenters. The molecule has 7 heteroatoms. The number of pyridine rings is 1. The van der Waals surface area contributed by atoms with Crippen LogP contribution in [0.15, 0.2) is 83.1 Å². The van der Waals surface area contributed by atoms with Crippen molar-refractivity contribution in [3.05, 3.63) is 99.8 Å². The molecule has 0 spiro atoms. The lowest BCUT2D eigenvalue weighted by Gasteiger charge is -2.25. The van der Waals surface area contributed by atoms with Gasteiger partial charge in [-0.3, -0.25) is 14.6 Å². The van der Waals surface area contributed by atoms with E-state index in [1.807, 2.05) is 0 Å². The number of phenolic OH excluding ortho intramolecular Hbond substituents is 1. The van der Waals surface area contributed by atoms with Crippen LogP contribution in [0.3, 0.4) is 0 Å². The minimum Gasteiger partial charge on any atom is -0.508 e. The molecule has 0 radical (unpaired) electrons. The van der Waals surface area contributed by atoms with E-state index in [4.69, 9.17) is 0 Å². The van der Waals surface area contributed by atoms with Crippen LogP contribution in [0, 0.1) is 0 Å². The van der Waals surface area contributed by atoms with E-state index in [0.29, 0.717) is 11.1 Å². The number of Topliss-reactive ketones (excluding diaryl/α,β-unsaturated/α-hetero) is 1. The molecule has 150 valence electrons. The minimum atomic E-state index is -0.846. The van der Waals surface area contributed by atoms with Gasteiger partial charge in [-0.2, -0.15) is 0 Å². The number of aliphatic hydroxyl groups excluding tert-OH is 1. The SMILES string of the molecule is O=C1C(=O)N(Cc2cccnc2)C(c2cccc(O)c2)/C1=C(/O)c1ccc(Br)cc1. The predicted molar refractivity (Wildman–Crippen MR) is 114 cm³/mol. The maximum atomic E-state index is 13.0. The van der Waals surface area contributed by atoms with Crippen molar-refractivity contribution in [2.75, 3.05) is 0 Å². The fraction of sp³-hybridized carbons (Fsp3) is 0.0870. The van der Waals surface area contributed by atoms with Gasteiger partial charge in [-0.05, 0) is 41.5 Å². The first-order valence-electron chi connectivity index (χ1n) is 9.18. The quantitative estimate of drug-likeness (QED) is 0.343. The van der Waals surface area contributed by atoms with Crippen molar-refractivity contribution >= 4 is 33.4 Å². The molecule has 2 aromatic carbocycles. The molecule has 4 rings (SSSR count). The first kappa shape index (κ1) is 19.8. The monoisotopic (exact) mass is 464 g/mol. The van der Waals surface area contributed by atoms with Crippen molar-refractivity contribution in [1.29, 1.82) is 0 Å². The van der Waals surface area contributed by atoms with E-state index in [1.165, 1.54) is 17.0 Å². The van der Waals surface area contributed by atoms with Crippen molar-refractivity contribution in [1.82, 2.24) is 9.88 Å². The zero-order valence-corrected chi connectivity index (χ0v) is 17.3. The topological polar surface area (TPSA) is 90.7 Å². The smallest absolute Gasteiger partial charge is 0.295 e. The number of amides is 1. The van der Waals surface area contributed by atoms with E-state index >= 15 is 0 Å². The van der Waals surface area contributed by atoms with Gasteiger partial charge < -0.3 is 15.1 Å². The molecule has 2 heterocycles. The molecular formula is C23H17BrN2O4. The standard InChI is InChI=1S/C23H17BrN2O4/c24-17-8-6-15(7-9-17)21(28)19-20(16-4-1-5-18(27)11-16)26(23(30)22(19)29)13-14-3-2-10-25-12-14/h1-12,20,27-28H,13H2/b21-19-. The Kier molecular flexibility index (Phi) is 5.37. The van der Waals surface area contributed by atoms with E-state index in [0.717, 1.165) is 10.0 Å². The summed E-state index contributed by atoms with van der Waals surface area (Å²) in [5.74, 6) is -1.75. The molecule has 30 heavy (non-hydrogen) atoms. The molecule has 1 unspecified atom stereocenters. The van der Waals surface area contributed by atoms with Crippen LogP contribution in [-0.4, -0.2) is 31.8 Å². The summed E-state index contributed by atoms with van der Waals surface area (Å²) in [4.78, 5) is 31.3. The molecule has 6 nitrogen and oxygen atoms in total. The van der Waals surface area contributed by atoms with Crippen LogP contribution in [0.1, 0.15) is 22.7 Å². The first-order valence-corrected chi connectivity index (χ1v) is 9.97. The summed E-state index contributed by atoms with van der Waals surface area (Å²) in [5.41, 5.74) is 1.67. The number of phenols is 1. The summed E-state index contributed by atoms with van der Waals surface area (Å²) in [5, 5.41) is 20.9. The normalized spacial score (nSPS) is 18.0. The number of aromatic nitrogens is 1. The van der Waals surface area contributed by atoms with Gasteiger partial charge in [0.05, 0.1) is 11.6 Å². The summed E-state index contributed by atoms with van der Waals surface area (Å²) < 4.78 is 0.820. The minimum absolute atomic E-state index is 0.00288. The third-order valence-corrected chi connectivity index (χ3v) is 5.45. The van der Waals surface area contributed by atoms with Gasteiger partial charge in [0, 0.05) is 29.0 Å². The molecule has 3 aromatic rings. The number of aromatic hydroxyl groups is 1. The van der Waals surface area contributed by atoms with Crippen molar-refractivity contribution in [3.8, 4) is 5.75 Å². The van der Waals surface area contributed by atoms with Crippen molar-refractivity contribution in [3.63, 3.8) is 0 Å². The molecule has 0 aliphatic carbocycles. The lowest BCUT2D eigenvalue weighted by Crippen LogP contribution is -2.29. The van der Waals surface area contributed by atoms with Gasteiger partial charge in [0.25, 0.3) is 11.7 Å². The van der Waals surface area contributed by atoms with Gasteiger partial charge in [-0.15, -0.1) is 0 Å². The third kappa shape index (κ3) is 3.71. The van der Waals surface area contributed by atoms with Crippen LogP contribution in [0.4, 0.5) is 0 Å². The summed E-state index contributed by atoms with van der Waals surface area (Å²) in [7, 11) is 0. The van der Waals surface area contributed by atoms with Gasteiger partial charge in [-0.1, -0.05) is 46.3 Å². The molecule has 2 N–H and O–H groups in total. The van der Waals surface area contributed by atoms with E-state index in [2.05, 4.69) is 20.9 Å². The number of nitrogens with zero attached hydrogens (tertiary/aromatic N) is 2. The van der Waals surface area contributed by atoms with Crippen LogP contribution in [0.2, 0.25) is 0 Å². The molecule has 1 fully saturated rings. The summed E-state index contributed by atoms with van der Waals surface area (Å²) >= 11 is 3.34. The van der Waals surface area contributed by atoms with E-state index in [9.17, 15) is 19.8 Å².